The van der Waals surface area contributed by atoms with Gasteiger partial charge in [-0.15, -0.1) is 0 Å². The molecule has 0 fully saturated rings. The monoisotopic (exact) mass is 395 g/mol. The number of esters is 1. The van der Waals surface area contributed by atoms with Crippen molar-refractivity contribution in [2.75, 3.05) is 46.1 Å². The van der Waals surface area contributed by atoms with Crippen LogP contribution in [0.1, 0.15) is 64.2 Å². The van der Waals surface area contributed by atoms with E-state index in [1.807, 2.05) is 20.8 Å². The third-order valence-electron chi connectivity index (χ3n) is 4.17. The molecule has 0 aliphatic heterocycles. The van der Waals surface area contributed by atoms with E-state index >= 15 is 0 Å². The molecule has 0 saturated heterocycles. The second-order valence-corrected chi connectivity index (χ2v) is 6.51. The first kappa shape index (κ1) is 24.1. The van der Waals surface area contributed by atoms with E-state index in [0.717, 1.165) is 38.9 Å². The summed E-state index contributed by atoms with van der Waals surface area (Å²) in [5, 5.41) is 0. The highest BCUT2D eigenvalue weighted by atomic mass is 16.5. The summed E-state index contributed by atoms with van der Waals surface area (Å²) >= 11 is 0. The number of hydrogen-bond acceptors (Lipinski definition) is 6. The zero-order valence-corrected chi connectivity index (χ0v) is 18.2. The van der Waals surface area contributed by atoms with Gasteiger partial charge in [0.2, 0.25) is 5.75 Å². The van der Waals surface area contributed by atoms with E-state index in [2.05, 4.69) is 18.7 Å². The van der Waals surface area contributed by atoms with Crippen LogP contribution in [0.4, 0.5) is 0 Å². The molecule has 0 atom stereocenters. The molecule has 0 amide bonds. The Balaban J connectivity index is 3.03. The van der Waals surface area contributed by atoms with Gasteiger partial charge in [-0.1, -0.05) is 34.6 Å². The average Bonchev–Trinajstić information content (AvgIpc) is 2.72. The normalized spacial score (nSPS) is 10.8. The predicted octanol–water partition coefficient (Wildman–Crippen LogP) is 4.55. The lowest BCUT2D eigenvalue weighted by Gasteiger charge is -2.19. The van der Waals surface area contributed by atoms with Crippen molar-refractivity contribution >= 4 is 5.97 Å². The Kier molecular flexibility index (Phi) is 12.1. The van der Waals surface area contributed by atoms with Crippen LogP contribution in [-0.2, 0) is 4.74 Å². The van der Waals surface area contributed by atoms with Crippen molar-refractivity contribution in [2.45, 2.75) is 53.9 Å². The number of benzene rings is 1. The maximum atomic E-state index is 12.6. The van der Waals surface area contributed by atoms with E-state index in [1.54, 1.807) is 12.1 Å². The quantitative estimate of drug-likeness (QED) is 0.406. The van der Waals surface area contributed by atoms with Crippen LogP contribution in [0, 0.1) is 0 Å². The highest BCUT2D eigenvalue weighted by Crippen LogP contribution is 2.39. The van der Waals surface area contributed by atoms with Crippen molar-refractivity contribution in [1.82, 2.24) is 4.90 Å². The zero-order valence-electron chi connectivity index (χ0n) is 18.2. The topological polar surface area (TPSA) is 57.2 Å². The number of nitrogens with zero attached hydrogens (tertiary/aromatic N) is 1. The lowest BCUT2D eigenvalue weighted by Crippen LogP contribution is -2.27. The molecule has 0 spiro atoms. The van der Waals surface area contributed by atoms with Gasteiger partial charge in [-0.05, 0) is 44.5 Å². The van der Waals surface area contributed by atoms with E-state index in [9.17, 15) is 4.79 Å². The van der Waals surface area contributed by atoms with Crippen LogP contribution in [0.2, 0.25) is 0 Å². The summed E-state index contributed by atoms with van der Waals surface area (Å²) in [6.45, 7) is 14.9. The molecule has 0 unspecified atom stereocenters. The van der Waals surface area contributed by atoms with Crippen molar-refractivity contribution in [3.8, 4) is 17.2 Å². The SMILES string of the molecule is CCCOc1cc(C(=O)OCCN(CC)CC)cc(OCCC)c1OCCC. The molecule has 0 bridgehead atoms. The van der Waals surface area contributed by atoms with Crippen molar-refractivity contribution < 1.29 is 23.7 Å². The van der Waals surface area contributed by atoms with Gasteiger partial charge in [-0.25, -0.2) is 4.79 Å². The van der Waals surface area contributed by atoms with E-state index in [0.29, 0.717) is 49.2 Å². The summed E-state index contributed by atoms with van der Waals surface area (Å²) in [6.07, 6.45) is 2.59. The van der Waals surface area contributed by atoms with Gasteiger partial charge >= 0.3 is 5.97 Å². The van der Waals surface area contributed by atoms with Crippen LogP contribution in [-0.4, -0.2) is 56.9 Å². The summed E-state index contributed by atoms with van der Waals surface area (Å²) in [5.41, 5.74) is 0.417. The maximum absolute atomic E-state index is 12.6. The summed E-state index contributed by atoms with van der Waals surface area (Å²) in [5.74, 6) is 1.24. The first-order valence-corrected chi connectivity index (χ1v) is 10.6. The third-order valence-corrected chi connectivity index (χ3v) is 4.17. The molecule has 1 aromatic carbocycles. The molecule has 1 rings (SSSR count). The van der Waals surface area contributed by atoms with E-state index in [1.165, 1.54) is 0 Å². The van der Waals surface area contributed by atoms with Crippen LogP contribution < -0.4 is 14.2 Å². The van der Waals surface area contributed by atoms with Crippen LogP contribution in [0.25, 0.3) is 0 Å². The number of carbonyl (C=O) groups excluding carboxylic acids is 1. The van der Waals surface area contributed by atoms with Crippen LogP contribution in [0.3, 0.4) is 0 Å². The maximum Gasteiger partial charge on any atom is 0.338 e. The van der Waals surface area contributed by atoms with Crippen LogP contribution in [0.5, 0.6) is 17.2 Å². The Morgan fingerprint density at radius 1 is 0.786 bits per heavy atom. The van der Waals surface area contributed by atoms with Crippen LogP contribution in [0.15, 0.2) is 12.1 Å². The summed E-state index contributed by atoms with van der Waals surface area (Å²) in [6, 6.07) is 3.39. The van der Waals surface area contributed by atoms with Gasteiger partial charge < -0.3 is 23.8 Å². The number of carbonyl (C=O) groups is 1. The van der Waals surface area contributed by atoms with Gasteiger partial charge in [0.15, 0.2) is 11.5 Å². The standard InChI is InChI=1S/C22H37NO5/c1-6-12-25-19-16-18(22(24)28-15-11-23(9-4)10-5)17-20(26-13-7-2)21(19)27-14-8-3/h16-17H,6-15H2,1-5H3. The molecule has 1 aromatic rings. The van der Waals surface area contributed by atoms with Crippen molar-refractivity contribution in [2.24, 2.45) is 0 Å². The highest BCUT2D eigenvalue weighted by Gasteiger charge is 2.19. The van der Waals surface area contributed by atoms with Gasteiger partial charge in [0.25, 0.3) is 0 Å². The Morgan fingerprint density at radius 2 is 1.29 bits per heavy atom. The summed E-state index contributed by atoms with van der Waals surface area (Å²) in [7, 11) is 0. The molecule has 0 saturated carbocycles. The van der Waals surface area contributed by atoms with E-state index < -0.39 is 0 Å². The van der Waals surface area contributed by atoms with Crippen molar-refractivity contribution in [3.05, 3.63) is 17.7 Å². The smallest absolute Gasteiger partial charge is 0.338 e. The fraction of sp³-hybridized carbons (Fsp3) is 0.682. The second kappa shape index (κ2) is 14.1. The fourth-order valence-corrected chi connectivity index (χ4v) is 2.57. The van der Waals surface area contributed by atoms with E-state index in [4.69, 9.17) is 18.9 Å². The highest BCUT2D eigenvalue weighted by molar-refractivity contribution is 5.91. The Morgan fingerprint density at radius 3 is 1.75 bits per heavy atom. The summed E-state index contributed by atoms with van der Waals surface area (Å²) < 4.78 is 23.1. The Bertz CT molecular complexity index is 543. The van der Waals surface area contributed by atoms with Gasteiger partial charge in [-0.2, -0.15) is 0 Å². The van der Waals surface area contributed by atoms with Crippen molar-refractivity contribution in [3.63, 3.8) is 0 Å². The van der Waals surface area contributed by atoms with Gasteiger partial charge in [0.05, 0.1) is 25.4 Å². The number of hydrogen-bond donors (Lipinski definition) is 0. The van der Waals surface area contributed by atoms with E-state index in [-0.39, 0.29) is 5.97 Å². The number of likely N-dealkylation sites (N-methyl/N-ethyl adjacent to an activating group) is 1. The molecule has 0 radical (unpaired) electrons. The molecule has 0 aliphatic carbocycles. The number of rotatable bonds is 15. The molecule has 0 aliphatic rings. The Hall–Kier alpha value is -1.95. The summed E-state index contributed by atoms with van der Waals surface area (Å²) in [4.78, 5) is 14.8. The first-order valence-electron chi connectivity index (χ1n) is 10.6. The zero-order chi connectivity index (χ0) is 20.8. The average molecular weight is 396 g/mol. The fourth-order valence-electron chi connectivity index (χ4n) is 2.57. The Labute approximate surface area is 170 Å². The predicted molar refractivity (Wildman–Crippen MR) is 112 cm³/mol. The molecule has 6 nitrogen and oxygen atoms in total. The van der Waals surface area contributed by atoms with Gasteiger partial charge in [0, 0.05) is 6.54 Å². The molecule has 6 heteroatoms. The molecule has 160 valence electrons. The second-order valence-electron chi connectivity index (χ2n) is 6.51. The minimum atomic E-state index is -0.378. The number of ether oxygens (including phenoxy) is 4. The van der Waals surface area contributed by atoms with Gasteiger partial charge in [-0.3, -0.25) is 0 Å². The third kappa shape index (κ3) is 7.97. The molecule has 0 aromatic heterocycles. The lowest BCUT2D eigenvalue weighted by molar-refractivity contribution is 0.0465. The lowest BCUT2D eigenvalue weighted by atomic mass is 10.1. The molecule has 0 heterocycles. The minimum Gasteiger partial charge on any atom is -0.490 e. The van der Waals surface area contributed by atoms with Gasteiger partial charge in [0.1, 0.15) is 6.61 Å². The molecule has 0 N–H and O–H groups in total. The largest absolute Gasteiger partial charge is 0.490 e. The van der Waals surface area contributed by atoms with Crippen molar-refractivity contribution in [1.29, 1.82) is 0 Å². The van der Waals surface area contributed by atoms with Crippen LogP contribution >= 0.6 is 0 Å². The first-order chi connectivity index (χ1) is 13.6. The molecule has 28 heavy (non-hydrogen) atoms. The molecular formula is C22H37NO5. The minimum absolute atomic E-state index is 0.352. The molecular weight excluding hydrogens is 358 g/mol.